The number of rotatable bonds is 5. The van der Waals surface area contributed by atoms with Gasteiger partial charge in [-0.05, 0) is 43.7 Å². The van der Waals surface area contributed by atoms with Crippen LogP contribution < -0.4 is 10.1 Å². The van der Waals surface area contributed by atoms with Gasteiger partial charge >= 0.3 is 0 Å². The van der Waals surface area contributed by atoms with Crippen molar-refractivity contribution in [2.24, 2.45) is 0 Å². The lowest BCUT2D eigenvalue weighted by Gasteiger charge is -2.07. The van der Waals surface area contributed by atoms with Gasteiger partial charge in [0.1, 0.15) is 18.1 Å². The van der Waals surface area contributed by atoms with E-state index >= 15 is 0 Å². The molecule has 0 radical (unpaired) electrons. The second kappa shape index (κ2) is 7.61. The van der Waals surface area contributed by atoms with Crippen LogP contribution in [0.3, 0.4) is 0 Å². The number of nitrogens with zero attached hydrogens (tertiary/aromatic N) is 2. The van der Waals surface area contributed by atoms with Gasteiger partial charge in [-0.2, -0.15) is 0 Å². The summed E-state index contributed by atoms with van der Waals surface area (Å²) in [6.07, 6.45) is 0. The molecule has 2 aromatic heterocycles. The molecule has 8 heteroatoms. The Bertz CT molecular complexity index is 1170. The molecule has 1 N–H and O–H groups in total. The van der Waals surface area contributed by atoms with Crippen molar-refractivity contribution < 1.29 is 14.1 Å². The highest BCUT2D eigenvalue weighted by molar-refractivity contribution is 7.22. The maximum atomic E-state index is 12.7. The number of hydrogen-bond donors (Lipinski definition) is 1. The van der Waals surface area contributed by atoms with Gasteiger partial charge in [0.2, 0.25) is 0 Å². The van der Waals surface area contributed by atoms with Crippen LogP contribution in [0, 0.1) is 13.8 Å². The normalized spacial score (nSPS) is 11.0. The van der Waals surface area contributed by atoms with Gasteiger partial charge in [-0.15, -0.1) is 0 Å². The van der Waals surface area contributed by atoms with Crippen molar-refractivity contribution in [2.75, 3.05) is 5.32 Å². The van der Waals surface area contributed by atoms with Gasteiger partial charge in [0, 0.05) is 5.02 Å². The number of hydrogen-bond acceptors (Lipinski definition) is 6. The SMILES string of the molecule is Cc1onc(C(=O)Nc2nc3c(C)cccc3s2)c1COc1cccc(Cl)c1. The van der Waals surface area contributed by atoms with Crippen molar-refractivity contribution in [2.45, 2.75) is 20.5 Å². The lowest BCUT2D eigenvalue weighted by atomic mass is 10.2. The summed E-state index contributed by atoms with van der Waals surface area (Å²) >= 11 is 7.38. The van der Waals surface area contributed by atoms with E-state index in [1.165, 1.54) is 11.3 Å². The summed E-state index contributed by atoms with van der Waals surface area (Å²) in [6, 6.07) is 13.0. The van der Waals surface area contributed by atoms with E-state index in [2.05, 4.69) is 15.5 Å². The molecule has 0 fully saturated rings. The number of fused-ring (bicyclic) bond motifs is 1. The Balaban J connectivity index is 1.53. The molecule has 0 aliphatic carbocycles. The molecule has 0 spiro atoms. The number of carbonyl (C=O) groups is 1. The molecule has 1 amide bonds. The number of aromatic nitrogens is 2. The second-order valence-electron chi connectivity index (χ2n) is 6.21. The van der Waals surface area contributed by atoms with Gasteiger partial charge in [-0.3, -0.25) is 10.1 Å². The number of carbonyl (C=O) groups excluding carboxylic acids is 1. The van der Waals surface area contributed by atoms with E-state index in [4.69, 9.17) is 20.9 Å². The molecule has 0 bridgehead atoms. The van der Waals surface area contributed by atoms with Crippen LogP contribution in [-0.4, -0.2) is 16.0 Å². The summed E-state index contributed by atoms with van der Waals surface area (Å²) in [6.45, 7) is 3.86. The number of benzene rings is 2. The van der Waals surface area contributed by atoms with Crippen LogP contribution in [-0.2, 0) is 6.61 Å². The minimum Gasteiger partial charge on any atom is -0.489 e. The largest absolute Gasteiger partial charge is 0.489 e. The maximum absolute atomic E-state index is 12.7. The number of ether oxygens (including phenoxy) is 1. The van der Waals surface area contributed by atoms with Crippen molar-refractivity contribution in [1.82, 2.24) is 10.1 Å². The quantitative estimate of drug-likeness (QED) is 0.475. The van der Waals surface area contributed by atoms with Gasteiger partial charge in [-0.25, -0.2) is 4.98 Å². The molecule has 0 unspecified atom stereocenters. The van der Waals surface area contributed by atoms with Crippen LogP contribution in [0.25, 0.3) is 10.2 Å². The Morgan fingerprint density at radius 3 is 2.86 bits per heavy atom. The third-order valence-corrected chi connectivity index (χ3v) is 5.39. The van der Waals surface area contributed by atoms with Crippen LogP contribution in [0.2, 0.25) is 5.02 Å². The van der Waals surface area contributed by atoms with E-state index in [9.17, 15) is 4.79 Å². The zero-order valence-corrected chi connectivity index (χ0v) is 16.7. The molecule has 142 valence electrons. The predicted molar refractivity (Wildman–Crippen MR) is 109 cm³/mol. The molecule has 4 aromatic rings. The number of aryl methyl sites for hydroxylation is 2. The van der Waals surface area contributed by atoms with E-state index in [0.717, 1.165) is 15.8 Å². The average molecular weight is 414 g/mol. The van der Waals surface area contributed by atoms with E-state index in [1.807, 2.05) is 25.1 Å². The van der Waals surface area contributed by atoms with Crippen molar-refractivity contribution in [3.8, 4) is 5.75 Å². The molecule has 28 heavy (non-hydrogen) atoms. The molecule has 2 heterocycles. The standard InChI is InChI=1S/C20H16ClN3O3S/c1-11-5-3-8-16-17(11)22-20(28-16)23-19(25)18-15(12(2)27-24-18)10-26-14-7-4-6-13(21)9-14/h3-9H,10H2,1-2H3,(H,22,23,25). The van der Waals surface area contributed by atoms with Gasteiger partial charge < -0.3 is 9.26 Å². The van der Waals surface area contributed by atoms with E-state index < -0.39 is 5.91 Å². The first-order valence-corrected chi connectivity index (χ1v) is 9.72. The minimum atomic E-state index is -0.391. The topological polar surface area (TPSA) is 77.3 Å². The second-order valence-corrected chi connectivity index (χ2v) is 7.67. The molecule has 0 aliphatic heterocycles. The molecule has 0 saturated carbocycles. The summed E-state index contributed by atoms with van der Waals surface area (Å²) < 4.78 is 12.0. The Labute approximate surface area is 170 Å². The van der Waals surface area contributed by atoms with Crippen molar-refractivity contribution in [1.29, 1.82) is 0 Å². The maximum Gasteiger partial charge on any atom is 0.280 e. The van der Waals surface area contributed by atoms with E-state index in [-0.39, 0.29) is 12.3 Å². The number of halogens is 1. The highest BCUT2D eigenvalue weighted by Crippen LogP contribution is 2.28. The fourth-order valence-electron chi connectivity index (χ4n) is 2.75. The van der Waals surface area contributed by atoms with E-state index in [0.29, 0.717) is 27.2 Å². The van der Waals surface area contributed by atoms with Crippen LogP contribution in [0.1, 0.15) is 27.4 Å². The number of thiazole rings is 1. The number of para-hydroxylation sites is 1. The summed E-state index contributed by atoms with van der Waals surface area (Å²) in [5.41, 5.74) is 2.69. The first-order valence-electron chi connectivity index (χ1n) is 8.52. The first kappa shape index (κ1) is 18.5. The third-order valence-electron chi connectivity index (χ3n) is 4.22. The molecule has 0 atom stereocenters. The van der Waals surface area contributed by atoms with Gasteiger partial charge in [0.05, 0.1) is 15.8 Å². The zero-order valence-electron chi connectivity index (χ0n) is 15.2. The number of amides is 1. The van der Waals surface area contributed by atoms with Gasteiger partial charge in [0.25, 0.3) is 5.91 Å². The van der Waals surface area contributed by atoms with Crippen molar-refractivity contribution in [3.05, 3.63) is 70.1 Å². The lowest BCUT2D eigenvalue weighted by Crippen LogP contribution is -2.15. The van der Waals surface area contributed by atoms with Crippen molar-refractivity contribution in [3.63, 3.8) is 0 Å². The Morgan fingerprint density at radius 2 is 2.07 bits per heavy atom. The molecule has 0 aliphatic rings. The van der Waals surface area contributed by atoms with Crippen LogP contribution in [0.5, 0.6) is 5.75 Å². The minimum absolute atomic E-state index is 0.136. The van der Waals surface area contributed by atoms with Crippen molar-refractivity contribution >= 4 is 44.2 Å². The lowest BCUT2D eigenvalue weighted by molar-refractivity contribution is 0.101. The van der Waals surface area contributed by atoms with Gasteiger partial charge in [-0.1, -0.05) is 46.3 Å². The summed E-state index contributed by atoms with van der Waals surface area (Å²) in [4.78, 5) is 17.2. The smallest absolute Gasteiger partial charge is 0.280 e. The Kier molecular flexibility index (Phi) is 5.02. The molecular weight excluding hydrogens is 398 g/mol. The third kappa shape index (κ3) is 3.72. The monoisotopic (exact) mass is 413 g/mol. The summed E-state index contributed by atoms with van der Waals surface area (Å²) in [5, 5.41) is 7.79. The highest BCUT2D eigenvalue weighted by atomic mass is 35.5. The van der Waals surface area contributed by atoms with Gasteiger partial charge in [0.15, 0.2) is 10.8 Å². The number of nitrogens with one attached hydrogen (secondary N) is 1. The molecule has 2 aromatic carbocycles. The fourth-order valence-corrected chi connectivity index (χ4v) is 3.87. The Hall–Kier alpha value is -2.90. The molecule has 0 saturated heterocycles. The van der Waals surface area contributed by atoms with Crippen LogP contribution in [0.4, 0.5) is 5.13 Å². The average Bonchev–Trinajstić information content (AvgIpc) is 3.24. The van der Waals surface area contributed by atoms with E-state index in [1.54, 1.807) is 31.2 Å². The van der Waals surface area contributed by atoms with Crippen LogP contribution >= 0.6 is 22.9 Å². The first-order chi connectivity index (χ1) is 13.5. The molecular formula is C20H16ClN3O3S. The molecule has 6 nitrogen and oxygen atoms in total. The number of anilines is 1. The summed E-state index contributed by atoms with van der Waals surface area (Å²) in [7, 11) is 0. The Morgan fingerprint density at radius 1 is 1.25 bits per heavy atom. The zero-order chi connectivity index (χ0) is 19.7. The summed E-state index contributed by atoms with van der Waals surface area (Å²) in [5.74, 6) is 0.728. The molecule has 4 rings (SSSR count). The predicted octanol–water partition coefficient (Wildman–Crippen LogP) is 5.39. The van der Waals surface area contributed by atoms with Crippen LogP contribution in [0.15, 0.2) is 47.0 Å². The fraction of sp³-hybridized carbons (Fsp3) is 0.150. The highest BCUT2D eigenvalue weighted by Gasteiger charge is 2.21.